The molecule has 1 aromatic carbocycles. The highest BCUT2D eigenvalue weighted by atomic mass is 32.2. The van der Waals surface area contributed by atoms with E-state index in [4.69, 9.17) is 4.52 Å². The number of sulfonamides is 1. The number of carbonyl (C=O) groups excluding carboxylic acids is 2. The maximum atomic E-state index is 14.1. The maximum Gasteiger partial charge on any atom is 0.263 e. The average Bonchev–Trinajstić information content (AvgIpc) is 3.04. The van der Waals surface area contributed by atoms with E-state index in [1.54, 1.807) is 12.1 Å². The van der Waals surface area contributed by atoms with Crippen molar-refractivity contribution in [3.05, 3.63) is 41.4 Å². The van der Waals surface area contributed by atoms with E-state index in [2.05, 4.69) is 15.2 Å². The Hall–Kier alpha value is -2.95. The minimum absolute atomic E-state index is 0.120. The quantitative estimate of drug-likeness (QED) is 0.490. The lowest BCUT2D eigenvalue weighted by atomic mass is 9.99. The van der Waals surface area contributed by atoms with E-state index >= 15 is 0 Å². The molecule has 1 heterocycles. The van der Waals surface area contributed by atoms with Gasteiger partial charge in [-0.2, -0.15) is 4.39 Å². The Morgan fingerprint density at radius 2 is 1.82 bits per heavy atom. The lowest BCUT2D eigenvalue weighted by molar-refractivity contribution is -0.143. The van der Waals surface area contributed by atoms with Gasteiger partial charge in [0.2, 0.25) is 23.4 Å². The predicted molar refractivity (Wildman–Crippen MR) is 126 cm³/mol. The van der Waals surface area contributed by atoms with Gasteiger partial charge in [0, 0.05) is 19.0 Å². The van der Waals surface area contributed by atoms with Crippen molar-refractivity contribution in [1.82, 2.24) is 15.4 Å². The van der Waals surface area contributed by atoms with Crippen LogP contribution in [0, 0.1) is 18.7 Å². The molecule has 0 aliphatic heterocycles. The molecule has 9 nitrogen and oxygen atoms in total. The van der Waals surface area contributed by atoms with Gasteiger partial charge in [0.25, 0.3) is 10.0 Å². The summed E-state index contributed by atoms with van der Waals surface area (Å²) in [4.78, 5) is 27.4. The summed E-state index contributed by atoms with van der Waals surface area (Å²) in [5.41, 5.74) is 0.281. The SMILES string of the molecule is CCCC(=O)N(Cc1ccccc1S(=O)(=O)Nc1noc(C)c1F)C(C(=O)NC(C)C)C(C)C. The van der Waals surface area contributed by atoms with Crippen LogP contribution in [-0.4, -0.2) is 42.4 Å². The topological polar surface area (TPSA) is 122 Å². The lowest BCUT2D eigenvalue weighted by Gasteiger charge is -2.34. The number of anilines is 1. The number of hydrogen-bond acceptors (Lipinski definition) is 6. The van der Waals surface area contributed by atoms with Gasteiger partial charge in [0.15, 0.2) is 5.76 Å². The molecular weight excluding hydrogens is 463 g/mol. The Labute approximate surface area is 200 Å². The van der Waals surface area contributed by atoms with Gasteiger partial charge in [-0.15, -0.1) is 0 Å². The molecule has 0 radical (unpaired) electrons. The van der Waals surface area contributed by atoms with Crippen molar-refractivity contribution < 1.29 is 26.9 Å². The zero-order valence-corrected chi connectivity index (χ0v) is 21.2. The second-order valence-corrected chi connectivity index (χ2v) is 10.4. The van der Waals surface area contributed by atoms with E-state index < -0.39 is 27.7 Å². The highest BCUT2D eigenvalue weighted by molar-refractivity contribution is 7.92. The Bertz CT molecular complexity index is 1110. The first-order chi connectivity index (χ1) is 15.9. The third-order valence-corrected chi connectivity index (χ3v) is 6.52. The monoisotopic (exact) mass is 496 g/mol. The van der Waals surface area contributed by atoms with Gasteiger partial charge in [-0.3, -0.25) is 14.3 Å². The van der Waals surface area contributed by atoms with Crippen LogP contribution in [0.3, 0.4) is 0 Å². The van der Waals surface area contributed by atoms with Gasteiger partial charge in [0.05, 0.1) is 4.90 Å². The van der Waals surface area contributed by atoms with Crippen LogP contribution in [0.2, 0.25) is 0 Å². The molecule has 2 aromatic rings. The average molecular weight is 497 g/mol. The van der Waals surface area contributed by atoms with Gasteiger partial charge < -0.3 is 14.7 Å². The first kappa shape index (κ1) is 27.3. The molecule has 188 valence electrons. The van der Waals surface area contributed by atoms with Crippen LogP contribution < -0.4 is 10.0 Å². The number of carbonyl (C=O) groups is 2. The van der Waals surface area contributed by atoms with Crippen LogP contribution in [-0.2, 0) is 26.2 Å². The molecular formula is C23H33FN4O5S. The molecule has 1 unspecified atom stereocenters. The van der Waals surface area contributed by atoms with E-state index in [1.165, 1.54) is 24.0 Å². The molecule has 0 spiro atoms. The van der Waals surface area contributed by atoms with E-state index in [0.29, 0.717) is 6.42 Å². The van der Waals surface area contributed by atoms with Crippen LogP contribution in [0.5, 0.6) is 0 Å². The van der Waals surface area contributed by atoms with Crippen LogP contribution >= 0.6 is 0 Å². The highest BCUT2D eigenvalue weighted by Crippen LogP contribution is 2.25. The fourth-order valence-corrected chi connectivity index (χ4v) is 4.79. The first-order valence-electron chi connectivity index (χ1n) is 11.2. The molecule has 0 aliphatic rings. The number of aryl methyl sites for hydroxylation is 1. The Kier molecular flexibility index (Phi) is 9.20. The van der Waals surface area contributed by atoms with Crippen LogP contribution in [0.1, 0.15) is 58.8 Å². The molecule has 1 aromatic heterocycles. The number of nitrogens with one attached hydrogen (secondary N) is 2. The van der Waals surface area contributed by atoms with Crippen LogP contribution in [0.25, 0.3) is 0 Å². The second kappa shape index (κ2) is 11.5. The molecule has 1 atom stereocenters. The van der Waals surface area contributed by atoms with Crippen molar-refractivity contribution in [2.75, 3.05) is 4.72 Å². The summed E-state index contributed by atoms with van der Waals surface area (Å²) in [6, 6.07) is 5.13. The summed E-state index contributed by atoms with van der Waals surface area (Å²) >= 11 is 0. The molecule has 0 bridgehead atoms. The van der Waals surface area contributed by atoms with Gasteiger partial charge in [-0.25, -0.2) is 8.42 Å². The standard InChI is InChI=1S/C23H33FN4O5S/c1-7-10-19(29)28(21(14(2)3)23(30)25-15(4)5)13-17-11-8-9-12-18(17)34(31,32)27-22-20(24)16(6)33-26-22/h8-9,11-12,14-15,21H,7,10,13H2,1-6H3,(H,25,30)(H,26,27). The van der Waals surface area contributed by atoms with E-state index in [1.807, 2.05) is 34.6 Å². The molecule has 2 N–H and O–H groups in total. The van der Waals surface area contributed by atoms with E-state index in [0.717, 1.165) is 0 Å². The van der Waals surface area contributed by atoms with Crippen molar-refractivity contribution >= 4 is 27.7 Å². The zero-order chi connectivity index (χ0) is 25.6. The summed E-state index contributed by atoms with van der Waals surface area (Å²) in [7, 11) is -4.27. The van der Waals surface area contributed by atoms with Crippen molar-refractivity contribution in [3.63, 3.8) is 0 Å². The van der Waals surface area contributed by atoms with Gasteiger partial charge in [-0.1, -0.05) is 44.1 Å². The Balaban J connectivity index is 2.49. The molecule has 0 fully saturated rings. The molecule has 2 amide bonds. The molecule has 0 saturated carbocycles. The van der Waals surface area contributed by atoms with Crippen molar-refractivity contribution in [1.29, 1.82) is 0 Å². The summed E-state index contributed by atoms with van der Waals surface area (Å²) in [5, 5.41) is 6.26. The third kappa shape index (κ3) is 6.55. The minimum Gasteiger partial charge on any atom is -0.356 e. The smallest absolute Gasteiger partial charge is 0.263 e. The number of rotatable bonds is 11. The first-order valence-corrected chi connectivity index (χ1v) is 12.7. The van der Waals surface area contributed by atoms with E-state index in [9.17, 15) is 22.4 Å². The zero-order valence-electron chi connectivity index (χ0n) is 20.4. The second-order valence-electron chi connectivity index (χ2n) is 8.74. The number of aromatic nitrogens is 1. The number of halogens is 1. The summed E-state index contributed by atoms with van der Waals surface area (Å²) in [6.07, 6.45) is 0.771. The molecule has 11 heteroatoms. The van der Waals surface area contributed by atoms with Gasteiger partial charge >= 0.3 is 0 Å². The number of amides is 2. The fraction of sp³-hybridized carbons (Fsp3) is 0.522. The number of nitrogens with zero attached hydrogens (tertiary/aromatic N) is 2. The van der Waals surface area contributed by atoms with Crippen molar-refractivity contribution in [3.8, 4) is 0 Å². The molecule has 0 aliphatic carbocycles. The number of hydrogen-bond donors (Lipinski definition) is 2. The van der Waals surface area contributed by atoms with Crippen LogP contribution in [0.15, 0.2) is 33.7 Å². The molecule has 0 saturated heterocycles. The molecule has 2 rings (SSSR count). The predicted octanol–water partition coefficient (Wildman–Crippen LogP) is 3.60. The number of benzene rings is 1. The normalized spacial score (nSPS) is 12.6. The molecule has 34 heavy (non-hydrogen) atoms. The van der Waals surface area contributed by atoms with Gasteiger partial charge in [-0.05, 0) is 44.7 Å². The van der Waals surface area contributed by atoms with Gasteiger partial charge in [0.1, 0.15) is 6.04 Å². The minimum atomic E-state index is -4.27. The highest BCUT2D eigenvalue weighted by Gasteiger charge is 2.34. The fourth-order valence-electron chi connectivity index (χ4n) is 3.56. The summed E-state index contributed by atoms with van der Waals surface area (Å²) in [6.45, 7) is 10.4. The van der Waals surface area contributed by atoms with Crippen molar-refractivity contribution in [2.24, 2.45) is 5.92 Å². The summed E-state index contributed by atoms with van der Waals surface area (Å²) in [5.74, 6) is -2.42. The van der Waals surface area contributed by atoms with Crippen LogP contribution in [0.4, 0.5) is 10.2 Å². The summed E-state index contributed by atoms with van der Waals surface area (Å²) < 4.78 is 47.1. The third-order valence-electron chi connectivity index (χ3n) is 5.08. The maximum absolute atomic E-state index is 14.1. The van der Waals surface area contributed by atoms with Crippen molar-refractivity contribution in [2.45, 2.75) is 77.9 Å². The lowest BCUT2D eigenvalue weighted by Crippen LogP contribution is -2.53. The largest absolute Gasteiger partial charge is 0.356 e. The Morgan fingerprint density at radius 1 is 1.18 bits per heavy atom. The Morgan fingerprint density at radius 3 is 2.35 bits per heavy atom. The van der Waals surface area contributed by atoms with E-state index in [-0.39, 0.29) is 53.0 Å².